The van der Waals surface area contributed by atoms with Gasteiger partial charge in [0.1, 0.15) is 11.6 Å². The molecule has 4 nitrogen and oxygen atoms in total. The lowest BCUT2D eigenvalue weighted by Gasteiger charge is -2.09. The Kier molecular flexibility index (Phi) is 5.26. The number of anilines is 3. The molecule has 1 amide bonds. The number of rotatable bonds is 5. The molecule has 0 radical (unpaired) electrons. The van der Waals surface area contributed by atoms with Gasteiger partial charge in [0, 0.05) is 0 Å². The SMILES string of the molecule is O=C(Cc1cccc(F)c1)Nc1ccc(Nc2ccccc2Cl)nc1. The Bertz CT molecular complexity index is 884. The van der Waals surface area contributed by atoms with Gasteiger partial charge >= 0.3 is 0 Å². The van der Waals surface area contributed by atoms with Crippen LogP contribution < -0.4 is 10.6 Å². The fourth-order valence-corrected chi connectivity index (χ4v) is 2.46. The number of carbonyl (C=O) groups is 1. The van der Waals surface area contributed by atoms with E-state index < -0.39 is 0 Å². The second-order valence-electron chi connectivity index (χ2n) is 5.39. The molecule has 0 saturated heterocycles. The minimum absolute atomic E-state index is 0.0946. The van der Waals surface area contributed by atoms with Crippen molar-refractivity contribution < 1.29 is 9.18 Å². The summed E-state index contributed by atoms with van der Waals surface area (Å²) in [7, 11) is 0. The fraction of sp³-hybridized carbons (Fsp3) is 0.0526. The zero-order chi connectivity index (χ0) is 17.6. The molecule has 0 unspecified atom stereocenters. The van der Waals surface area contributed by atoms with Gasteiger partial charge in [-0.05, 0) is 42.0 Å². The third-order valence-electron chi connectivity index (χ3n) is 3.44. The zero-order valence-electron chi connectivity index (χ0n) is 13.2. The predicted molar refractivity (Wildman–Crippen MR) is 97.7 cm³/mol. The zero-order valence-corrected chi connectivity index (χ0v) is 13.9. The fourth-order valence-electron chi connectivity index (χ4n) is 2.28. The lowest BCUT2D eigenvalue weighted by atomic mass is 10.1. The maximum Gasteiger partial charge on any atom is 0.228 e. The monoisotopic (exact) mass is 355 g/mol. The van der Waals surface area contributed by atoms with Crippen LogP contribution in [0.4, 0.5) is 21.6 Å². The molecular weight excluding hydrogens is 341 g/mol. The molecule has 0 saturated carbocycles. The largest absolute Gasteiger partial charge is 0.339 e. The van der Waals surface area contributed by atoms with Crippen LogP contribution in [-0.4, -0.2) is 10.9 Å². The number of nitrogens with one attached hydrogen (secondary N) is 2. The van der Waals surface area contributed by atoms with Crippen LogP contribution in [0.2, 0.25) is 5.02 Å². The first-order valence-electron chi connectivity index (χ1n) is 7.62. The first kappa shape index (κ1) is 16.9. The van der Waals surface area contributed by atoms with Crippen LogP contribution in [0.5, 0.6) is 0 Å². The number of carbonyl (C=O) groups excluding carboxylic acids is 1. The van der Waals surface area contributed by atoms with E-state index in [1.165, 1.54) is 12.1 Å². The number of hydrogen-bond donors (Lipinski definition) is 2. The molecule has 0 spiro atoms. The number of benzene rings is 2. The van der Waals surface area contributed by atoms with Crippen molar-refractivity contribution in [2.45, 2.75) is 6.42 Å². The third kappa shape index (κ3) is 4.78. The van der Waals surface area contributed by atoms with Gasteiger partial charge < -0.3 is 10.6 Å². The maximum atomic E-state index is 13.1. The van der Waals surface area contributed by atoms with Gasteiger partial charge in [-0.1, -0.05) is 35.9 Å². The van der Waals surface area contributed by atoms with Gasteiger partial charge in [-0.25, -0.2) is 9.37 Å². The van der Waals surface area contributed by atoms with Crippen molar-refractivity contribution in [3.05, 3.63) is 83.3 Å². The third-order valence-corrected chi connectivity index (χ3v) is 3.77. The minimum Gasteiger partial charge on any atom is -0.339 e. The standard InChI is InChI=1S/C19H15ClFN3O/c20-16-6-1-2-7-17(16)24-18-9-8-15(12-22-18)23-19(25)11-13-4-3-5-14(21)10-13/h1-10,12H,11H2,(H,22,24)(H,23,25). The number of nitrogens with zero attached hydrogens (tertiary/aromatic N) is 1. The van der Waals surface area contributed by atoms with Gasteiger partial charge in [-0.2, -0.15) is 0 Å². The Morgan fingerprint density at radius 3 is 2.64 bits per heavy atom. The van der Waals surface area contributed by atoms with Crippen LogP contribution in [0.3, 0.4) is 0 Å². The molecular formula is C19H15ClFN3O. The first-order chi connectivity index (χ1) is 12.1. The topological polar surface area (TPSA) is 54.0 Å². The van der Waals surface area contributed by atoms with Gasteiger partial charge in [0.15, 0.2) is 0 Å². The maximum absolute atomic E-state index is 13.1. The van der Waals surface area contributed by atoms with Crippen molar-refractivity contribution in [2.75, 3.05) is 10.6 Å². The summed E-state index contributed by atoms with van der Waals surface area (Å²) >= 11 is 6.09. The van der Waals surface area contributed by atoms with Crippen LogP contribution >= 0.6 is 11.6 Å². The number of pyridine rings is 1. The second kappa shape index (κ2) is 7.77. The lowest BCUT2D eigenvalue weighted by molar-refractivity contribution is -0.115. The molecule has 1 heterocycles. The number of halogens is 2. The normalized spacial score (nSPS) is 10.3. The van der Waals surface area contributed by atoms with Crippen molar-refractivity contribution in [1.82, 2.24) is 4.98 Å². The Morgan fingerprint density at radius 1 is 1.08 bits per heavy atom. The number of para-hydroxylation sites is 1. The van der Waals surface area contributed by atoms with E-state index in [4.69, 9.17) is 11.6 Å². The molecule has 2 aromatic carbocycles. The van der Waals surface area contributed by atoms with Crippen molar-refractivity contribution in [1.29, 1.82) is 0 Å². The van der Waals surface area contributed by atoms with Crippen LogP contribution in [0.25, 0.3) is 0 Å². The summed E-state index contributed by atoms with van der Waals surface area (Å²) in [6.07, 6.45) is 1.64. The highest BCUT2D eigenvalue weighted by atomic mass is 35.5. The Morgan fingerprint density at radius 2 is 1.92 bits per heavy atom. The Hall–Kier alpha value is -2.92. The number of amides is 1. The van der Waals surface area contributed by atoms with Crippen LogP contribution in [0.15, 0.2) is 66.9 Å². The van der Waals surface area contributed by atoms with Crippen LogP contribution in [-0.2, 0) is 11.2 Å². The Balaban J connectivity index is 1.60. The molecule has 126 valence electrons. The van der Waals surface area contributed by atoms with E-state index in [0.29, 0.717) is 22.1 Å². The average molecular weight is 356 g/mol. The van der Waals surface area contributed by atoms with Gasteiger partial charge in [0.25, 0.3) is 0 Å². The Labute approximate surface area is 149 Å². The number of hydrogen-bond acceptors (Lipinski definition) is 3. The average Bonchev–Trinajstić information content (AvgIpc) is 2.58. The van der Waals surface area contributed by atoms with E-state index >= 15 is 0 Å². The molecule has 3 aromatic rings. The molecule has 0 aliphatic rings. The van der Waals surface area contributed by atoms with Gasteiger partial charge in [0.05, 0.1) is 29.0 Å². The molecule has 25 heavy (non-hydrogen) atoms. The van der Waals surface area contributed by atoms with Gasteiger partial charge in [-0.3, -0.25) is 4.79 Å². The van der Waals surface area contributed by atoms with E-state index in [2.05, 4.69) is 15.6 Å². The van der Waals surface area contributed by atoms with Crippen molar-refractivity contribution in [2.24, 2.45) is 0 Å². The molecule has 0 fully saturated rings. The molecule has 1 aromatic heterocycles. The van der Waals surface area contributed by atoms with E-state index in [0.717, 1.165) is 5.69 Å². The highest BCUT2D eigenvalue weighted by Gasteiger charge is 2.06. The van der Waals surface area contributed by atoms with E-state index in [1.807, 2.05) is 18.2 Å². The molecule has 3 rings (SSSR count). The van der Waals surface area contributed by atoms with Crippen LogP contribution in [0.1, 0.15) is 5.56 Å². The predicted octanol–water partition coefficient (Wildman–Crippen LogP) is 4.80. The summed E-state index contributed by atoms with van der Waals surface area (Å²) in [6.45, 7) is 0. The van der Waals surface area contributed by atoms with Crippen molar-refractivity contribution in [3.63, 3.8) is 0 Å². The molecule has 0 aliphatic carbocycles. The highest BCUT2D eigenvalue weighted by molar-refractivity contribution is 6.33. The van der Waals surface area contributed by atoms with E-state index in [1.54, 1.807) is 36.5 Å². The van der Waals surface area contributed by atoms with E-state index in [9.17, 15) is 9.18 Å². The highest BCUT2D eigenvalue weighted by Crippen LogP contribution is 2.24. The quantitative estimate of drug-likeness (QED) is 0.691. The number of aromatic nitrogens is 1. The summed E-state index contributed by atoms with van der Waals surface area (Å²) < 4.78 is 13.1. The van der Waals surface area contributed by atoms with Crippen molar-refractivity contribution >= 4 is 34.7 Å². The summed E-state index contributed by atoms with van der Waals surface area (Å²) in [6, 6.07) is 16.8. The summed E-state index contributed by atoms with van der Waals surface area (Å²) in [5, 5.41) is 6.43. The lowest BCUT2D eigenvalue weighted by Crippen LogP contribution is -2.14. The van der Waals surface area contributed by atoms with E-state index in [-0.39, 0.29) is 18.1 Å². The molecule has 0 atom stereocenters. The molecule has 2 N–H and O–H groups in total. The summed E-state index contributed by atoms with van der Waals surface area (Å²) in [4.78, 5) is 16.3. The van der Waals surface area contributed by atoms with Gasteiger partial charge in [-0.15, -0.1) is 0 Å². The summed E-state index contributed by atoms with van der Waals surface area (Å²) in [5.41, 5.74) is 1.92. The second-order valence-corrected chi connectivity index (χ2v) is 5.80. The minimum atomic E-state index is -0.359. The molecule has 0 bridgehead atoms. The first-order valence-corrected chi connectivity index (χ1v) is 8.00. The molecule has 0 aliphatic heterocycles. The van der Waals surface area contributed by atoms with Crippen LogP contribution in [0, 0.1) is 5.82 Å². The summed E-state index contributed by atoms with van der Waals surface area (Å²) in [5.74, 6) is 0.0115. The smallest absolute Gasteiger partial charge is 0.228 e. The molecule has 6 heteroatoms. The van der Waals surface area contributed by atoms with Crippen molar-refractivity contribution in [3.8, 4) is 0 Å². The van der Waals surface area contributed by atoms with Gasteiger partial charge in [0.2, 0.25) is 5.91 Å².